The Morgan fingerprint density at radius 1 is 1.21 bits per heavy atom. The molecular weight excluding hydrogens is 414 g/mol. The fraction of sp³-hybridized carbons (Fsp3) is 0.316. The molecule has 29 heavy (non-hydrogen) atoms. The second-order valence-electron chi connectivity index (χ2n) is 7.27. The van der Waals surface area contributed by atoms with E-state index in [0.29, 0.717) is 23.4 Å². The second-order valence-corrected chi connectivity index (χ2v) is 11.1. The molecule has 0 unspecified atom stereocenters. The molecule has 3 heterocycles. The Morgan fingerprint density at radius 2 is 2.00 bits per heavy atom. The number of hydrogen-bond donors (Lipinski definition) is 1. The third-order valence-corrected chi connectivity index (χ3v) is 8.18. The van der Waals surface area contributed by atoms with Gasteiger partial charge in [0.2, 0.25) is 0 Å². The van der Waals surface area contributed by atoms with Crippen molar-refractivity contribution < 1.29 is 21.3 Å². The number of nitrogens with zero attached hydrogens (tertiary/aromatic N) is 2. The van der Waals surface area contributed by atoms with Crippen molar-refractivity contribution in [2.24, 2.45) is 0 Å². The van der Waals surface area contributed by atoms with E-state index in [1.54, 1.807) is 37.3 Å². The summed E-state index contributed by atoms with van der Waals surface area (Å²) in [6.45, 7) is 3.55. The van der Waals surface area contributed by atoms with Gasteiger partial charge in [-0.05, 0) is 49.6 Å². The molecule has 0 saturated carbocycles. The number of rotatable bonds is 5. The van der Waals surface area contributed by atoms with Crippen molar-refractivity contribution in [3.05, 3.63) is 53.8 Å². The molecule has 1 aromatic carbocycles. The van der Waals surface area contributed by atoms with Crippen LogP contribution in [-0.4, -0.2) is 38.1 Å². The highest BCUT2D eigenvalue weighted by Gasteiger charge is 2.32. The van der Waals surface area contributed by atoms with Crippen LogP contribution in [-0.2, 0) is 19.9 Å². The molecule has 10 heteroatoms. The minimum atomic E-state index is -3.89. The minimum Gasteiger partial charge on any atom is -0.463 e. The second kappa shape index (κ2) is 7.03. The maximum atomic E-state index is 13.1. The fourth-order valence-corrected chi connectivity index (χ4v) is 6.51. The molecule has 4 rings (SSSR count). The predicted molar refractivity (Wildman–Crippen MR) is 109 cm³/mol. The van der Waals surface area contributed by atoms with Gasteiger partial charge < -0.3 is 4.42 Å². The lowest BCUT2D eigenvalue weighted by atomic mass is 10.2. The first-order chi connectivity index (χ1) is 13.6. The molecule has 2 aromatic heterocycles. The van der Waals surface area contributed by atoms with Crippen LogP contribution in [0.4, 0.5) is 5.82 Å². The summed E-state index contributed by atoms with van der Waals surface area (Å²) in [5, 5.41) is 4.45. The van der Waals surface area contributed by atoms with Gasteiger partial charge in [-0.2, -0.15) is 5.10 Å². The van der Waals surface area contributed by atoms with Gasteiger partial charge in [0.25, 0.3) is 10.0 Å². The number of aryl methyl sites for hydroxylation is 2. The first-order valence-corrected chi connectivity index (χ1v) is 12.4. The molecule has 0 aliphatic carbocycles. The van der Waals surface area contributed by atoms with E-state index < -0.39 is 25.9 Å². The van der Waals surface area contributed by atoms with Gasteiger partial charge in [-0.3, -0.25) is 4.72 Å². The average molecular weight is 436 g/mol. The highest BCUT2D eigenvalue weighted by atomic mass is 32.2. The summed E-state index contributed by atoms with van der Waals surface area (Å²) >= 11 is 0. The SMILES string of the molecule is Cc1ccc(C)c(S(=O)(=O)Nc2cc(-c3ccco3)nn2[C@@H]2CCS(=O)(=O)C2)c1. The quantitative estimate of drug-likeness (QED) is 0.660. The zero-order valence-electron chi connectivity index (χ0n) is 16.0. The van der Waals surface area contributed by atoms with Crippen LogP contribution in [0.2, 0.25) is 0 Å². The number of aromatic nitrogens is 2. The van der Waals surface area contributed by atoms with Crippen molar-refractivity contribution >= 4 is 25.7 Å². The van der Waals surface area contributed by atoms with Gasteiger partial charge in [0, 0.05) is 6.07 Å². The lowest BCUT2D eigenvalue weighted by molar-refractivity contribution is 0.504. The van der Waals surface area contributed by atoms with Crippen LogP contribution in [0.15, 0.2) is 52.0 Å². The van der Waals surface area contributed by atoms with Crippen LogP contribution in [0.3, 0.4) is 0 Å². The first-order valence-electron chi connectivity index (χ1n) is 9.08. The Morgan fingerprint density at radius 3 is 2.66 bits per heavy atom. The summed E-state index contributed by atoms with van der Waals surface area (Å²) in [6, 6.07) is 9.73. The molecule has 1 aliphatic rings. The van der Waals surface area contributed by atoms with E-state index in [9.17, 15) is 16.8 Å². The third kappa shape index (κ3) is 3.95. The summed E-state index contributed by atoms with van der Waals surface area (Å²) in [7, 11) is -7.07. The fourth-order valence-electron chi connectivity index (χ4n) is 3.45. The smallest absolute Gasteiger partial charge is 0.263 e. The van der Waals surface area contributed by atoms with Gasteiger partial charge in [-0.1, -0.05) is 12.1 Å². The van der Waals surface area contributed by atoms with Crippen LogP contribution in [0.5, 0.6) is 0 Å². The van der Waals surface area contributed by atoms with E-state index in [1.165, 1.54) is 10.9 Å². The summed E-state index contributed by atoms with van der Waals surface area (Å²) in [5.41, 5.74) is 1.87. The number of furan rings is 1. The Kier molecular flexibility index (Phi) is 4.78. The van der Waals surface area contributed by atoms with Crippen molar-refractivity contribution in [3.8, 4) is 11.5 Å². The highest BCUT2D eigenvalue weighted by Crippen LogP contribution is 2.32. The van der Waals surface area contributed by atoms with Gasteiger partial charge >= 0.3 is 0 Å². The largest absolute Gasteiger partial charge is 0.463 e. The summed E-state index contributed by atoms with van der Waals surface area (Å²) in [6.07, 6.45) is 1.87. The van der Waals surface area contributed by atoms with Crippen molar-refractivity contribution in [2.75, 3.05) is 16.2 Å². The average Bonchev–Trinajstić information content (AvgIpc) is 3.36. The summed E-state index contributed by atoms with van der Waals surface area (Å²) in [4.78, 5) is 0.170. The van der Waals surface area contributed by atoms with Crippen LogP contribution in [0.1, 0.15) is 23.6 Å². The van der Waals surface area contributed by atoms with Gasteiger partial charge in [0.1, 0.15) is 11.5 Å². The molecular formula is C19H21N3O5S2. The van der Waals surface area contributed by atoms with E-state index >= 15 is 0 Å². The van der Waals surface area contributed by atoms with Crippen LogP contribution in [0.25, 0.3) is 11.5 Å². The topological polar surface area (TPSA) is 111 Å². The number of sulfonamides is 1. The van der Waals surface area contributed by atoms with E-state index in [1.807, 2.05) is 13.0 Å². The molecule has 1 N–H and O–H groups in total. The van der Waals surface area contributed by atoms with E-state index in [-0.39, 0.29) is 22.2 Å². The maximum Gasteiger partial charge on any atom is 0.263 e. The molecule has 1 aliphatic heterocycles. The van der Waals surface area contributed by atoms with Gasteiger partial charge in [0.05, 0.1) is 28.7 Å². The maximum absolute atomic E-state index is 13.1. The Balaban J connectivity index is 1.77. The van der Waals surface area contributed by atoms with E-state index in [0.717, 1.165) is 5.56 Å². The molecule has 8 nitrogen and oxygen atoms in total. The van der Waals surface area contributed by atoms with E-state index in [2.05, 4.69) is 9.82 Å². The third-order valence-electron chi connectivity index (χ3n) is 4.94. The van der Waals surface area contributed by atoms with Crippen molar-refractivity contribution in [1.29, 1.82) is 0 Å². The monoisotopic (exact) mass is 435 g/mol. The minimum absolute atomic E-state index is 0.0524. The van der Waals surface area contributed by atoms with Gasteiger partial charge in [-0.25, -0.2) is 21.5 Å². The molecule has 1 atom stereocenters. The molecule has 0 amide bonds. The predicted octanol–water partition coefficient (Wildman–Crippen LogP) is 2.92. The zero-order valence-corrected chi connectivity index (χ0v) is 17.6. The Hall–Kier alpha value is -2.59. The number of benzene rings is 1. The highest BCUT2D eigenvalue weighted by molar-refractivity contribution is 7.92. The first kappa shape index (κ1) is 19.7. The number of sulfone groups is 1. The van der Waals surface area contributed by atoms with Crippen molar-refractivity contribution in [3.63, 3.8) is 0 Å². The lowest BCUT2D eigenvalue weighted by Crippen LogP contribution is -2.20. The van der Waals surface area contributed by atoms with E-state index in [4.69, 9.17) is 4.42 Å². The Labute approximate surface area is 169 Å². The van der Waals surface area contributed by atoms with Gasteiger partial charge in [-0.15, -0.1) is 0 Å². The number of nitrogens with one attached hydrogen (secondary N) is 1. The van der Waals surface area contributed by atoms with Crippen molar-refractivity contribution in [2.45, 2.75) is 31.2 Å². The Bertz CT molecular complexity index is 1260. The summed E-state index contributed by atoms with van der Waals surface area (Å²) < 4.78 is 59.5. The standard InChI is InChI=1S/C19H21N3O5S2/c1-13-5-6-14(2)18(10-13)29(25,26)21-19-11-16(17-4-3-8-27-17)20-22(19)15-7-9-28(23,24)12-15/h3-6,8,10-11,15,21H,7,9,12H2,1-2H3/t15-/m1/s1. The van der Waals surface area contributed by atoms with Gasteiger partial charge in [0.15, 0.2) is 15.6 Å². The molecule has 3 aromatic rings. The molecule has 1 fully saturated rings. The lowest BCUT2D eigenvalue weighted by Gasteiger charge is -2.15. The molecule has 154 valence electrons. The van der Waals surface area contributed by atoms with Crippen LogP contribution >= 0.6 is 0 Å². The molecule has 1 saturated heterocycles. The molecule has 0 bridgehead atoms. The summed E-state index contributed by atoms with van der Waals surface area (Å²) in [5.74, 6) is 0.651. The normalized spacial score (nSPS) is 18.8. The zero-order chi connectivity index (χ0) is 20.8. The van der Waals surface area contributed by atoms with Crippen molar-refractivity contribution in [1.82, 2.24) is 9.78 Å². The van der Waals surface area contributed by atoms with Crippen LogP contribution in [0, 0.1) is 13.8 Å². The van der Waals surface area contributed by atoms with Crippen LogP contribution < -0.4 is 4.72 Å². The number of hydrogen-bond acceptors (Lipinski definition) is 6. The molecule has 0 spiro atoms. The number of anilines is 1. The molecule has 0 radical (unpaired) electrons.